The van der Waals surface area contributed by atoms with Gasteiger partial charge in [0.05, 0.1) is 18.9 Å². The minimum atomic E-state index is -0.516. The first-order chi connectivity index (χ1) is 8.67. The summed E-state index contributed by atoms with van der Waals surface area (Å²) in [6.45, 7) is 2.32. The van der Waals surface area contributed by atoms with E-state index in [0.717, 1.165) is 0 Å². The van der Waals surface area contributed by atoms with Gasteiger partial charge in [0.1, 0.15) is 11.5 Å². The van der Waals surface area contributed by atoms with Crippen LogP contribution in [0.4, 0.5) is 0 Å². The molecule has 0 fully saturated rings. The molecule has 2 rings (SSSR count). The van der Waals surface area contributed by atoms with Crippen LogP contribution in [0.25, 0.3) is 5.65 Å². The van der Waals surface area contributed by atoms with E-state index in [9.17, 15) is 4.79 Å². The highest BCUT2D eigenvalue weighted by atomic mass is 35.5. The van der Waals surface area contributed by atoms with Crippen LogP contribution in [0.2, 0.25) is 5.15 Å². The molecular weight excluding hydrogens is 258 g/mol. The molecule has 0 bridgehead atoms. The summed E-state index contributed by atoms with van der Waals surface area (Å²) in [5, 5.41) is 0.412. The van der Waals surface area contributed by atoms with Crippen LogP contribution in [0.1, 0.15) is 23.1 Å². The minimum absolute atomic E-state index is 0.150. The number of carbonyl (C=O) groups is 1. The number of nitrogens with zero attached hydrogens (tertiary/aromatic N) is 3. The van der Waals surface area contributed by atoms with Crippen molar-refractivity contribution in [2.75, 3.05) is 13.7 Å². The molecule has 7 heteroatoms. The summed E-state index contributed by atoms with van der Waals surface area (Å²) < 4.78 is 11.4. The van der Waals surface area contributed by atoms with Crippen molar-refractivity contribution in [3.05, 3.63) is 28.9 Å². The lowest BCUT2D eigenvalue weighted by Crippen LogP contribution is -2.07. The summed E-state index contributed by atoms with van der Waals surface area (Å²) >= 11 is 6.07. The zero-order valence-electron chi connectivity index (χ0n) is 10.0. The molecule has 0 saturated carbocycles. The predicted octanol–water partition coefficient (Wildman–Crippen LogP) is 1.71. The number of carbonyl (C=O) groups excluding carboxylic acids is 1. The maximum atomic E-state index is 11.7. The molecule has 6 nitrogen and oxygen atoms in total. The van der Waals surface area contributed by atoms with Gasteiger partial charge in [0.15, 0.2) is 11.3 Å². The van der Waals surface area contributed by atoms with Crippen LogP contribution in [0, 0.1) is 0 Å². The molecule has 96 valence electrons. The van der Waals surface area contributed by atoms with Crippen LogP contribution in [0.15, 0.2) is 12.4 Å². The van der Waals surface area contributed by atoms with E-state index in [0.29, 0.717) is 23.1 Å². The second kappa shape index (κ2) is 5.32. The maximum absolute atomic E-state index is 11.7. The van der Waals surface area contributed by atoms with Crippen molar-refractivity contribution < 1.29 is 14.3 Å². The number of esters is 1. The van der Waals surface area contributed by atoms with Crippen LogP contribution < -0.4 is 0 Å². The average Bonchev–Trinajstić information content (AvgIpc) is 2.74. The number of aromatic nitrogens is 3. The van der Waals surface area contributed by atoms with E-state index in [1.165, 1.54) is 10.7 Å². The molecule has 0 radical (unpaired) electrons. The van der Waals surface area contributed by atoms with Crippen LogP contribution in [-0.4, -0.2) is 34.1 Å². The van der Waals surface area contributed by atoms with E-state index < -0.39 is 5.97 Å². The minimum Gasteiger partial charge on any atom is -0.461 e. The van der Waals surface area contributed by atoms with Gasteiger partial charge in [0.2, 0.25) is 0 Å². The Morgan fingerprint density at radius 2 is 2.33 bits per heavy atom. The summed E-state index contributed by atoms with van der Waals surface area (Å²) in [5.41, 5.74) is 1.14. The Hall–Kier alpha value is -1.66. The smallest absolute Gasteiger partial charge is 0.360 e. The molecule has 0 spiro atoms. The van der Waals surface area contributed by atoms with E-state index in [-0.39, 0.29) is 12.3 Å². The summed E-state index contributed by atoms with van der Waals surface area (Å²) in [5.74, 6) is -0.516. The zero-order valence-corrected chi connectivity index (χ0v) is 10.8. The third-order valence-electron chi connectivity index (χ3n) is 2.27. The van der Waals surface area contributed by atoms with Crippen molar-refractivity contribution >= 4 is 23.2 Å². The van der Waals surface area contributed by atoms with E-state index in [2.05, 4.69) is 9.97 Å². The Bertz CT molecular complexity index is 582. The molecule has 2 heterocycles. The highest BCUT2D eigenvalue weighted by Crippen LogP contribution is 2.17. The first-order valence-corrected chi connectivity index (χ1v) is 5.73. The third kappa shape index (κ3) is 2.30. The molecule has 2 aromatic rings. The highest BCUT2D eigenvalue weighted by molar-refractivity contribution is 6.29. The maximum Gasteiger partial charge on any atom is 0.360 e. The summed E-state index contributed by atoms with van der Waals surface area (Å²) in [7, 11) is 1.56. The number of rotatable bonds is 4. The Labute approximate surface area is 109 Å². The number of hydrogen-bond acceptors (Lipinski definition) is 5. The van der Waals surface area contributed by atoms with Crippen molar-refractivity contribution in [2.45, 2.75) is 13.5 Å². The van der Waals surface area contributed by atoms with Crippen molar-refractivity contribution in [1.82, 2.24) is 14.4 Å². The van der Waals surface area contributed by atoms with Crippen LogP contribution >= 0.6 is 11.6 Å². The molecule has 0 unspecified atom stereocenters. The third-order valence-corrected chi connectivity index (χ3v) is 2.56. The highest BCUT2D eigenvalue weighted by Gasteiger charge is 2.17. The lowest BCUT2D eigenvalue weighted by molar-refractivity contribution is 0.0522. The first kappa shape index (κ1) is 12.8. The van der Waals surface area contributed by atoms with Crippen molar-refractivity contribution in [2.24, 2.45) is 0 Å². The number of hydrogen-bond donors (Lipinski definition) is 0. The molecule has 18 heavy (non-hydrogen) atoms. The first-order valence-electron chi connectivity index (χ1n) is 5.36. The van der Waals surface area contributed by atoms with Crippen LogP contribution in [0.3, 0.4) is 0 Å². The van der Waals surface area contributed by atoms with Gasteiger partial charge in [-0.05, 0) is 13.0 Å². The van der Waals surface area contributed by atoms with Gasteiger partial charge in [0.25, 0.3) is 0 Å². The van der Waals surface area contributed by atoms with E-state index >= 15 is 0 Å². The lowest BCUT2D eigenvalue weighted by Gasteiger charge is -2.04. The summed E-state index contributed by atoms with van der Waals surface area (Å²) in [4.78, 5) is 19.9. The fourth-order valence-electron chi connectivity index (χ4n) is 1.55. The van der Waals surface area contributed by atoms with E-state index in [1.807, 2.05) is 0 Å². The Balaban J connectivity index is 2.52. The topological polar surface area (TPSA) is 65.7 Å². The van der Waals surface area contributed by atoms with Gasteiger partial charge in [0, 0.05) is 7.11 Å². The summed E-state index contributed by atoms with van der Waals surface area (Å²) in [6.07, 6.45) is 1.44. The van der Waals surface area contributed by atoms with Crippen LogP contribution in [-0.2, 0) is 16.1 Å². The van der Waals surface area contributed by atoms with Gasteiger partial charge in [-0.3, -0.25) is 4.40 Å². The summed E-state index contributed by atoms with van der Waals surface area (Å²) in [6, 6.07) is 1.66. The molecule has 0 aromatic carbocycles. The standard InChI is InChI=1S/C11H12ClN3O3/c1-3-18-11(16)9-10-14-7(5-17-2)4-8(12)15(10)6-13-9/h4,6H,3,5H2,1-2H3. The van der Waals surface area contributed by atoms with Gasteiger partial charge >= 0.3 is 5.97 Å². The zero-order chi connectivity index (χ0) is 13.1. The fourth-order valence-corrected chi connectivity index (χ4v) is 1.80. The van der Waals surface area contributed by atoms with Crippen molar-refractivity contribution in [3.63, 3.8) is 0 Å². The molecular formula is C11H12ClN3O3. The molecule has 0 N–H and O–H groups in total. The second-order valence-electron chi connectivity index (χ2n) is 3.51. The van der Waals surface area contributed by atoms with Crippen molar-refractivity contribution in [1.29, 1.82) is 0 Å². The molecule has 0 aliphatic rings. The Morgan fingerprint density at radius 1 is 1.56 bits per heavy atom. The fraction of sp³-hybridized carbons (Fsp3) is 0.364. The molecule has 2 aromatic heterocycles. The quantitative estimate of drug-likeness (QED) is 0.624. The monoisotopic (exact) mass is 269 g/mol. The SMILES string of the molecule is CCOC(=O)c1ncn2c(Cl)cc(COC)nc12. The number of halogens is 1. The normalized spacial score (nSPS) is 10.8. The Morgan fingerprint density at radius 3 is 3.00 bits per heavy atom. The second-order valence-corrected chi connectivity index (χ2v) is 3.90. The Kier molecular flexibility index (Phi) is 3.78. The number of ether oxygens (including phenoxy) is 2. The molecule has 0 atom stereocenters. The van der Waals surface area contributed by atoms with E-state index in [4.69, 9.17) is 21.1 Å². The van der Waals surface area contributed by atoms with Gasteiger partial charge in [-0.25, -0.2) is 14.8 Å². The number of methoxy groups -OCH3 is 1. The van der Waals surface area contributed by atoms with Gasteiger partial charge in [-0.1, -0.05) is 11.6 Å². The molecule has 0 aliphatic carbocycles. The largest absolute Gasteiger partial charge is 0.461 e. The number of imidazole rings is 1. The van der Waals surface area contributed by atoms with Gasteiger partial charge < -0.3 is 9.47 Å². The van der Waals surface area contributed by atoms with Crippen LogP contribution in [0.5, 0.6) is 0 Å². The lowest BCUT2D eigenvalue weighted by atomic mass is 10.4. The molecule has 0 aliphatic heterocycles. The predicted molar refractivity (Wildman–Crippen MR) is 64.7 cm³/mol. The molecule has 0 saturated heterocycles. The molecule has 0 amide bonds. The van der Waals surface area contributed by atoms with Gasteiger partial charge in [-0.2, -0.15) is 0 Å². The average molecular weight is 270 g/mol. The van der Waals surface area contributed by atoms with Gasteiger partial charge in [-0.15, -0.1) is 0 Å². The van der Waals surface area contributed by atoms with E-state index in [1.54, 1.807) is 20.1 Å². The van der Waals surface area contributed by atoms with Crippen molar-refractivity contribution in [3.8, 4) is 0 Å². The number of fused-ring (bicyclic) bond motifs is 1.